The average Bonchev–Trinajstić information content (AvgIpc) is 3.01. The summed E-state index contributed by atoms with van der Waals surface area (Å²) in [6.45, 7) is 2.54. The van der Waals surface area contributed by atoms with Crippen molar-refractivity contribution in [2.75, 3.05) is 0 Å². The highest BCUT2D eigenvalue weighted by atomic mass is 32.1. The molecule has 3 unspecified atom stereocenters. The Morgan fingerprint density at radius 3 is 3.11 bits per heavy atom. The van der Waals surface area contributed by atoms with E-state index in [1.54, 1.807) is 11.3 Å². The van der Waals surface area contributed by atoms with Gasteiger partial charge in [0.05, 0.1) is 12.6 Å². The van der Waals surface area contributed by atoms with Crippen molar-refractivity contribution < 1.29 is 4.79 Å². The van der Waals surface area contributed by atoms with Gasteiger partial charge in [-0.2, -0.15) is 0 Å². The Labute approximate surface area is 118 Å². The molecule has 19 heavy (non-hydrogen) atoms. The summed E-state index contributed by atoms with van der Waals surface area (Å²) in [6, 6.07) is 0.584. The SMILES string of the molecule is Cc1csc(CNC(=O)C2CC3CCCCC3N2)n1. The summed E-state index contributed by atoms with van der Waals surface area (Å²) in [6.07, 6.45) is 6.16. The zero-order chi connectivity index (χ0) is 13.2. The van der Waals surface area contributed by atoms with Crippen LogP contribution in [0.5, 0.6) is 0 Å². The summed E-state index contributed by atoms with van der Waals surface area (Å²) in [7, 11) is 0. The van der Waals surface area contributed by atoms with Crippen LogP contribution in [0.4, 0.5) is 0 Å². The molecule has 1 aliphatic heterocycles. The minimum Gasteiger partial charge on any atom is -0.348 e. The number of aryl methyl sites for hydroxylation is 1. The first-order valence-electron chi connectivity index (χ1n) is 7.17. The average molecular weight is 279 g/mol. The predicted octanol–water partition coefficient (Wildman–Crippen LogP) is 1.99. The molecule has 2 heterocycles. The molecular weight excluding hydrogens is 258 g/mol. The van der Waals surface area contributed by atoms with Gasteiger partial charge in [0.1, 0.15) is 5.01 Å². The molecule has 1 saturated carbocycles. The number of nitrogens with zero attached hydrogens (tertiary/aromatic N) is 1. The Morgan fingerprint density at radius 1 is 1.53 bits per heavy atom. The van der Waals surface area contributed by atoms with Crippen LogP contribution in [-0.2, 0) is 11.3 Å². The van der Waals surface area contributed by atoms with E-state index in [1.165, 1.54) is 25.7 Å². The molecule has 2 N–H and O–H groups in total. The van der Waals surface area contributed by atoms with Crippen LogP contribution in [0, 0.1) is 12.8 Å². The molecule has 0 radical (unpaired) electrons. The first kappa shape index (κ1) is 13.1. The molecule has 0 spiro atoms. The van der Waals surface area contributed by atoms with Gasteiger partial charge in [-0.1, -0.05) is 12.8 Å². The van der Waals surface area contributed by atoms with Crippen molar-refractivity contribution in [2.45, 2.75) is 57.7 Å². The number of nitrogens with one attached hydrogen (secondary N) is 2. The van der Waals surface area contributed by atoms with Gasteiger partial charge in [-0.25, -0.2) is 4.98 Å². The van der Waals surface area contributed by atoms with Gasteiger partial charge >= 0.3 is 0 Å². The van der Waals surface area contributed by atoms with Crippen LogP contribution in [0.25, 0.3) is 0 Å². The first-order valence-corrected chi connectivity index (χ1v) is 8.05. The van der Waals surface area contributed by atoms with E-state index in [9.17, 15) is 4.79 Å². The Kier molecular flexibility index (Phi) is 3.84. The fourth-order valence-corrected chi connectivity index (χ4v) is 4.00. The maximum Gasteiger partial charge on any atom is 0.237 e. The topological polar surface area (TPSA) is 54.0 Å². The Morgan fingerprint density at radius 2 is 2.37 bits per heavy atom. The van der Waals surface area contributed by atoms with Crippen molar-refractivity contribution in [3.05, 3.63) is 16.1 Å². The van der Waals surface area contributed by atoms with Crippen molar-refractivity contribution in [1.29, 1.82) is 0 Å². The lowest BCUT2D eigenvalue weighted by atomic mass is 9.85. The van der Waals surface area contributed by atoms with Gasteiger partial charge in [0.25, 0.3) is 0 Å². The molecule has 1 aromatic rings. The molecule has 3 rings (SSSR count). The van der Waals surface area contributed by atoms with Crippen LogP contribution in [0.3, 0.4) is 0 Å². The van der Waals surface area contributed by atoms with Gasteiger partial charge in [0.15, 0.2) is 0 Å². The molecule has 4 nitrogen and oxygen atoms in total. The van der Waals surface area contributed by atoms with Crippen LogP contribution in [0.15, 0.2) is 5.38 Å². The molecule has 1 aromatic heterocycles. The van der Waals surface area contributed by atoms with E-state index in [2.05, 4.69) is 15.6 Å². The number of carbonyl (C=O) groups is 1. The molecule has 1 amide bonds. The third kappa shape index (κ3) is 2.98. The molecular formula is C14H21N3OS. The summed E-state index contributed by atoms with van der Waals surface area (Å²) in [4.78, 5) is 16.5. The van der Waals surface area contributed by atoms with E-state index >= 15 is 0 Å². The van der Waals surface area contributed by atoms with Crippen LogP contribution in [0.1, 0.15) is 42.8 Å². The molecule has 1 saturated heterocycles. The standard InChI is InChI=1S/C14H21N3OS/c1-9-8-19-13(16-9)7-15-14(18)12-6-10-4-2-3-5-11(10)17-12/h8,10-12,17H,2-7H2,1H3,(H,15,18). The number of carbonyl (C=O) groups excluding carboxylic acids is 1. The maximum atomic E-state index is 12.2. The Hall–Kier alpha value is -0.940. The number of amides is 1. The highest BCUT2D eigenvalue weighted by molar-refractivity contribution is 7.09. The first-order chi connectivity index (χ1) is 9.22. The number of hydrogen-bond donors (Lipinski definition) is 2. The summed E-state index contributed by atoms with van der Waals surface area (Å²) in [5.41, 5.74) is 1.03. The number of thiazole rings is 1. The molecule has 5 heteroatoms. The second-order valence-electron chi connectivity index (χ2n) is 5.71. The van der Waals surface area contributed by atoms with Crippen molar-refractivity contribution >= 4 is 17.2 Å². The van der Waals surface area contributed by atoms with Crippen LogP contribution in [-0.4, -0.2) is 23.0 Å². The second kappa shape index (κ2) is 5.59. The quantitative estimate of drug-likeness (QED) is 0.889. The summed E-state index contributed by atoms with van der Waals surface area (Å²) < 4.78 is 0. The van der Waals surface area contributed by atoms with Gasteiger partial charge in [0.2, 0.25) is 5.91 Å². The molecule has 3 atom stereocenters. The highest BCUT2D eigenvalue weighted by Crippen LogP contribution is 2.33. The van der Waals surface area contributed by atoms with Crippen molar-refractivity contribution in [3.63, 3.8) is 0 Å². The number of hydrogen-bond acceptors (Lipinski definition) is 4. The fraction of sp³-hybridized carbons (Fsp3) is 0.714. The van der Waals surface area contributed by atoms with Gasteiger partial charge in [-0.3, -0.25) is 4.79 Å². The summed E-state index contributed by atoms with van der Waals surface area (Å²) in [5, 5.41) is 9.52. The van der Waals surface area contributed by atoms with E-state index in [1.807, 2.05) is 12.3 Å². The van der Waals surface area contributed by atoms with E-state index in [4.69, 9.17) is 0 Å². The van der Waals surface area contributed by atoms with Gasteiger partial charge in [-0.15, -0.1) is 11.3 Å². The van der Waals surface area contributed by atoms with E-state index in [0.717, 1.165) is 17.1 Å². The third-order valence-electron chi connectivity index (χ3n) is 4.26. The van der Waals surface area contributed by atoms with E-state index in [0.29, 0.717) is 18.5 Å². The summed E-state index contributed by atoms with van der Waals surface area (Å²) >= 11 is 1.61. The maximum absolute atomic E-state index is 12.2. The van der Waals surface area contributed by atoms with Crippen LogP contribution < -0.4 is 10.6 Å². The third-order valence-corrected chi connectivity index (χ3v) is 5.23. The van der Waals surface area contributed by atoms with Gasteiger partial charge in [0, 0.05) is 17.1 Å². The largest absolute Gasteiger partial charge is 0.348 e. The lowest BCUT2D eigenvalue weighted by molar-refractivity contribution is -0.123. The Balaban J connectivity index is 1.51. The number of fused-ring (bicyclic) bond motifs is 1. The normalized spacial score (nSPS) is 30.1. The number of rotatable bonds is 3. The lowest BCUT2D eigenvalue weighted by Gasteiger charge is -2.24. The molecule has 1 aliphatic carbocycles. The van der Waals surface area contributed by atoms with Crippen molar-refractivity contribution in [1.82, 2.24) is 15.6 Å². The second-order valence-corrected chi connectivity index (χ2v) is 6.65. The lowest BCUT2D eigenvalue weighted by Crippen LogP contribution is -2.42. The highest BCUT2D eigenvalue weighted by Gasteiger charge is 2.37. The summed E-state index contributed by atoms with van der Waals surface area (Å²) in [5.74, 6) is 0.855. The number of aromatic nitrogens is 1. The molecule has 2 aliphatic rings. The molecule has 0 bridgehead atoms. The zero-order valence-electron chi connectivity index (χ0n) is 11.3. The smallest absolute Gasteiger partial charge is 0.237 e. The van der Waals surface area contributed by atoms with E-state index < -0.39 is 0 Å². The minimum absolute atomic E-state index is 0.00848. The molecule has 0 aromatic carbocycles. The molecule has 2 fully saturated rings. The monoisotopic (exact) mass is 279 g/mol. The van der Waals surface area contributed by atoms with Gasteiger partial charge < -0.3 is 10.6 Å². The predicted molar refractivity (Wildman–Crippen MR) is 76.0 cm³/mol. The minimum atomic E-state index is 0.00848. The van der Waals surface area contributed by atoms with Crippen molar-refractivity contribution in [3.8, 4) is 0 Å². The fourth-order valence-electron chi connectivity index (χ4n) is 3.29. The van der Waals surface area contributed by atoms with Crippen molar-refractivity contribution in [2.24, 2.45) is 5.92 Å². The van der Waals surface area contributed by atoms with Crippen LogP contribution in [0.2, 0.25) is 0 Å². The van der Waals surface area contributed by atoms with Gasteiger partial charge in [-0.05, 0) is 32.1 Å². The van der Waals surface area contributed by atoms with Crippen LogP contribution >= 0.6 is 11.3 Å². The zero-order valence-corrected chi connectivity index (χ0v) is 12.1. The molecule has 104 valence electrons. The van der Waals surface area contributed by atoms with E-state index in [-0.39, 0.29) is 11.9 Å². The Bertz CT molecular complexity index is 445.